The number of ether oxygens (including phenoxy) is 1. The van der Waals surface area contributed by atoms with Crippen molar-refractivity contribution in [2.75, 3.05) is 26.7 Å². The predicted molar refractivity (Wildman–Crippen MR) is 100 cm³/mol. The van der Waals surface area contributed by atoms with E-state index >= 15 is 0 Å². The number of aliphatic imine (C=N–C) groups is 1. The number of aromatic hydroxyl groups is 1. The van der Waals surface area contributed by atoms with Crippen LogP contribution in [0.15, 0.2) is 23.2 Å². The lowest BCUT2D eigenvalue weighted by Gasteiger charge is -2.31. The van der Waals surface area contributed by atoms with Crippen LogP contribution < -0.4 is 10.5 Å². The number of nitrogens with two attached hydrogens (primary N) is 1. The molecule has 0 spiro atoms. The van der Waals surface area contributed by atoms with Gasteiger partial charge in [-0.2, -0.15) is 0 Å². The predicted octanol–water partition coefficient (Wildman–Crippen LogP) is 2.61. The molecule has 1 aliphatic heterocycles. The number of hydrogen-bond acceptors (Lipinski definition) is 3. The number of halogens is 1. The smallest absolute Gasteiger partial charge is 0.191 e. The van der Waals surface area contributed by atoms with Gasteiger partial charge in [-0.25, -0.2) is 0 Å². The summed E-state index contributed by atoms with van der Waals surface area (Å²) in [5.41, 5.74) is 7.14. The molecule has 1 aromatic carbocycles. The van der Waals surface area contributed by atoms with Crippen LogP contribution in [-0.4, -0.2) is 42.7 Å². The SMILES string of the molecule is COc1cc(CCN=C(N)N2CCCC(C)C2)ccc1O.I. The third-order valence-electron chi connectivity index (χ3n) is 3.90. The van der Waals surface area contributed by atoms with Crippen molar-refractivity contribution < 1.29 is 9.84 Å². The molecule has 5 nitrogen and oxygen atoms in total. The van der Waals surface area contributed by atoms with E-state index in [2.05, 4.69) is 16.8 Å². The standard InChI is InChI=1S/C16H25N3O2.HI/c1-12-4-3-9-19(11-12)16(17)18-8-7-13-5-6-14(20)15(10-13)21-2;/h5-6,10,12,20H,3-4,7-9,11H2,1-2H3,(H2,17,18);1H. The lowest BCUT2D eigenvalue weighted by molar-refractivity contribution is 0.270. The second kappa shape index (κ2) is 9.07. The quantitative estimate of drug-likeness (QED) is 0.447. The third-order valence-corrected chi connectivity index (χ3v) is 3.90. The fraction of sp³-hybridized carbons (Fsp3) is 0.562. The molecule has 1 aromatic rings. The molecule has 2 rings (SSSR count). The van der Waals surface area contributed by atoms with E-state index in [4.69, 9.17) is 10.5 Å². The Balaban J connectivity index is 0.00000242. The first-order chi connectivity index (χ1) is 10.1. The van der Waals surface area contributed by atoms with Gasteiger partial charge in [0, 0.05) is 19.6 Å². The topological polar surface area (TPSA) is 71.1 Å². The van der Waals surface area contributed by atoms with Crippen molar-refractivity contribution in [3.8, 4) is 11.5 Å². The first-order valence-electron chi connectivity index (χ1n) is 7.51. The second-order valence-corrected chi connectivity index (χ2v) is 5.69. The van der Waals surface area contributed by atoms with Crippen molar-refractivity contribution in [3.63, 3.8) is 0 Å². The van der Waals surface area contributed by atoms with E-state index in [1.165, 1.54) is 12.8 Å². The normalized spacial score (nSPS) is 18.7. The van der Waals surface area contributed by atoms with E-state index < -0.39 is 0 Å². The molecule has 1 unspecified atom stereocenters. The molecule has 0 amide bonds. The number of phenolic OH excluding ortho intramolecular Hbond substituents is 1. The Labute approximate surface area is 149 Å². The maximum Gasteiger partial charge on any atom is 0.191 e. The summed E-state index contributed by atoms with van der Waals surface area (Å²) in [5.74, 6) is 1.99. The maximum atomic E-state index is 9.56. The van der Waals surface area contributed by atoms with Gasteiger partial charge in [-0.15, -0.1) is 24.0 Å². The summed E-state index contributed by atoms with van der Waals surface area (Å²) >= 11 is 0. The fourth-order valence-electron chi connectivity index (χ4n) is 2.67. The van der Waals surface area contributed by atoms with E-state index in [1.54, 1.807) is 13.2 Å². The average Bonchev–Trinajstić information content (AvgIpc) is 2.48. The lowest BCUT2D eigenvalue weighted by atomic mass is 10.0. The van der Waals surface area contributed by atoms with Crippen molar-refractivity contribution in [2.24, 2.45) is 16.6 Å². The molecule has 124 valence electrons. The van der Waals surface area contributed by atoms with Gasteiger partial charge in [0.25, 0.3) is 0 Å². The van der Waals surface area contributed by atoms with Gasteiger partial charge in [0.1, 0.15) is 0 Å². The van der Waals surface area contributed by atoms with E-state index in [9.17, 15) is 5.11 Å². The molecular formula is C16H26IN3O2. The molecule has 6 heteroatoms. The van der Waals surface area contributed by atoms with Crippen LogP contribution in [0, 0.1) is 5.92 Å². The Morgan fingerprint density at radius 1 is 1.50 bits per heavy atom. The number of piperidine rings is 1. The number of benzene rings is 1. The van der Waals surface area contributed by atoms with Crippen molar-refractivity contribution >= 4 is 29.9 Å². The van der Waals surface area contributed by atoms with Crippen LogP contribution >= 0.6 is 24.0 Å². The zero-order chi connectivity index (χ0) is 15.2. The van der Waals surface area contributed by atoms with Crippen LogP contribution in [0.4, 0.5) is 0 Å². The van der Waals surface area contributed by atoms with Crippen molar-refractivity contribution in [3.05, 3.63) is 23.8 Å². The van der Waals surface area contributed by atoms with Crippen molar-refractivity contribution in [1.82, 2.24) is 4.90 Å². The minimum atomic E-state index is 0. The van der Waals surface area contributed by atoms with Gasteiger partial charge in [0.15, 0.2) is 17.5 Å². The Morgan fingerprint density at radius 2 is 2.27 bits per heavy atom. The Hall–Kier alpha value is -1.18. The van der Waals surface area contributed by atoms with Crippen LogP contribution in [0.1, 0.15) is 25.3 Å². The Kier molecular flexibility index (Phi) is 7.78. The lowest BCUT2D eigenvalue weighted by Crippen LogP contribution is -2.43. The highest BCUT2D eigenvalue weighted by atomic mass is 127. The minimum Gasteiger partial charge on any atom is -0.504 e. The molecule has 1 aliphatic rings. The average molecular weight is 419 g/mol. The molecule has 0 bridgehead atoms. The highest BCUT2D eigenvalue weighted by molar-refractivity contribution is 14.0. The highest BCUT2D eigenvalue weighted by Crippen LogP contribution is 2.26. The van der Waals surface area contributed by atoms with Crippen LogP contribution in [0.2, 0.25) is 0 Å². The summed E-state index contributed by atoms with van der Waals surface area (Å²) in [4.78, 5) is 6.64. The van der Waals surface area contributed by atoms with E-state index in [0.717, 1.165) is 25.1 Å². The zero-order valence-corrected chi connectivity index (χ0v) is 15.6. The van der Waals surface area contributed by atoms with E-state index in [-0.39, 0.29) is 29.7 Å². The zero-order valence-electron chi connectivity index (χ0n) is 13.3. The van der Waals surface area contributed by atoms with Gasteiger partial charge >= 0.3 is 0 Å². The number of likely N-dealkylation sites (tertiary alicyclic amines) is 1. The molecule has 0 radical (unpaired) electrons. The van der Waals surface area contributed by atoms with Crippen LogP contribution in [0.5, 0.6) is 11.5 Å². The molecule has 1 atom stereocenters. The first-order valence-corrected chi connectivity index (χ1v) is 7.51. The minimum absolute atomic E-state index is 0. The largest absolute Gasteiger partial charge is 0.504 e. The number of nitrogens with zero attached hydrogens (tertiary/aromatic N) is 2. The fourth-order valence-corrected chi connectivity index (χ4v) is 2.67. The van der Waals surface area contributed by atoms with E-state index in [1.807, 2.05) is 12.1 Å². The molecule has 3 N–H and O–H groups in total. The van der Waals surface area contributed by atoms with Gasteiger partial charge in [-0.1, -0.05) is 13.0 Å². The van der Waals surface area contributed by atoms with Crippen LogP contribution in [0.3, 0.4) is 0 Å². The molecule has 0 saturated carbocycles. The summed E-state index contributed by atoms with van der Waals surface area (Å²) in [6.07, 6.45) is 3.24. The van der Waals surface area contributed by atoms with E-state index in [0.29, 0.717) is 24.2 Å². The summed E-state index contributed by atoms with van der Waals surface area (Å²) in [6.45, 7) is 4.90. The molecule has 1 heterocycles. The molecule has 1 fully saturated rings. The number of hydrogen-bond donors (Lipinski definition) is 2. The summed E-state index contributed by atoms with van der Waals surface area (Å²) < 4.78 is 5.10. The van der Waals surface area contributed by atoms with Crippen molar-refractivity contribution in [1.29, 1.82) is 0 Å². The molecule has 0 aliphatic carbocycles. The summed E-state index contributed by atoms with van der Waals surface area (Å²) in [5, 5.41) is 9.56. The second-order valence-electron chi connectivity index (χ2n) is 5.69. The third kappa shape index (κ3) is 5.23. The molecule has 0 aromatic heterocycles. The maximum absolute atomic E-state index is 9.56. The molecule has 1 saturated heterocycles. The van der Waals surface area contributed by atoms with Gasteiger partial charge in [-0.3, -0.25) is 4.99 Å². The first kappa shape index (κ1) is 18.9. The number of phenols is 1. The number of rotatable bonds is 4. The Bertz CT molecular complexity index is 508. The summed E-state index contributed by atoms with van der Waals surface area (Å²) in [7, 11) is 1.55. The van der Waals surface area contributed by atoms with Crippen LogP contribution in [0.25, 0.3) is 0 Å². The van der Waals surface area contributed by atoms with Crippen LogP contribution in [-0.2, 0) is 6.42 Å². The van der Waals surface area contributed by atoms with Gasteiger partial charge in [-0.05, 0) is 42.9 Å². The Morgan fingerprint density at radius 3 is 2.95 bits per heavy atom. The number of guanidine groups is 1. The van der Waals surface area contributed by atoms with Gasteiger partial charge in [0.2, 0.25) is 0 Å². The van der Waals surface area contributed by atoms with Crippen molar-refractivity contribution in [2.45, 2.75) is 26.2 Å². The van der Waals surface area contributed by atoms with Gasteiger partial charge in [0.05, 0.1) is 7.11 Å². The van der Waals surface area contributed by atoms with Gasteiger partial charge < -0.3 is 20.5 Å². The molecule has 22 heavy (non-hydrogen) atoms. The highest BCUT2D eigenvalue weighted by Gasteiger charge is 2.17. The number of methoxy groups -OCH3 is 1. The molecular weight excluding hydrogens is 393 g/mol. The summed E-state index contributed by atoms with van der Waals surface area (Å²) in [6, 6.07) is 5.37. The monoisotopic (exact) mass is 419 g/mol.